The first-order valence-electron chi connectivity index (χ1n) is 9.08. The molecular formula is C18H24N6O2. The maximum absolute atomic E-state index is 12.4. The molecule has 138 valence electrons. The number of rotatable bonds is 4. The fraction of sp³-hybridized carbons (Fsp3) is 0.500. The van der Waals surface area contributed by atoms with E-state index in [4.69, 9.17) is 4.74 Å². The van der Waals surface area contributed by atoms with E-state index in [1.165, 1.54) is 0 Å². The summed E-state index contributed by atoms with van der Waals surface area (Å²) in [5, 5.41) is 0. The number of anilines is 2. The first-order chi connectivity index (χ1) is 12.8. The molecule has 2 aliphatic rings. The highest BCUT2D eigenvalue weighted by Gasteiger charge is 2.23. The summed E-state index contributed by atoms with van der Waals surface area (Å²) in [6.07, 6.45) is 5.47. The summed E-state index contributed by atoms with van der Waals surface area (Å²) in [6, 6.07) is 5.92. The number of carbonyl (C=O) groups is 1. The molecule has 26 heavy (non-hydrogen) atoms. The van der Waals surface area contributed by atoms with E-state index in [1.54, 1.807) is 6.33 Å². The van der Waals surface area contributed by atoms with Gasteiger partial charge in [-0.2, -0.15) is 0 Å². The van der Waals surface area contributed by atoms with Crippen LogP contribution in [0, 0.1) is 0 Å². The Bertz CT molecular complexity index is 721. The van der Waals surface area contributed by atoms with E-state index in [0.717, 1.165) is 64.1 Å². The Kier molecular flexibility index (Phi) is 5.01. The maximum Gasteiger partial charge on any atom is 0.242 e. The van der Waals surface area contributed by atoms with Gasteiger partial charge in [0.25, 0.3) is 0 Å². The molecule has 0 atom stereocenters. The van der Waals surface area contributed by atoms with E-state index < -0.39 is 0 Å². The Balaban J connectivity index is 1.35. The number of hydrogen-bond acceptors (Lipinski definition) is 6. The standard InChI is InChI=1S/C18H24N6O2/c25-18(14-21-3-1-2-4-21)24-7-5-22(6-8-24)16-13-17(20-15-19-16)23-9-11-26-12-10-23/h1-4,13,15H,5-12,14H2. The van der Waals surface area contributed by atoms with E-state index in [-0.39, 0.29) is 5.91 Å². The molecule has 4 heterocycles. The molecule has 0 N–H and O–H groups in total. The van der Waals surface area contributed by atoms with E-state index in [2.05, 4.69) is 19.8 Å². The van der Waals surface area contributed by atoms with Crippen LogP contribution in [-0.2, 0) is 16.1 Å². The molecule has 4 rings (SSSR count). The lowest BCUT2D eigenvalue weighted by Crippen LogP contribution is -2.49. The van der Waals surface area contributed by atoms with Crippen LogP contribution >= 0.6 is 0 Å². The summed E-state index contributed by atoms with van der Waals surface area (Å²) < 4.78 is 7.32. The predicted molar refractivity (Wildman–Crippen MR) is 98.3 cm³/mol. The van der Waals surface area contributed by atoms with Gasteiger partial charge in [0, 0.05) is 57.7 Å². The second-order valence-corrected chi connectivity index (χ2v) is 6.56. The number of carbonyl (C=O) groups excluding carboxylic acids is 1. The summed E-state index contributed by atoms with van der Waals surface area (Å²) in [7, 11) is 0. The van der Waals surface area contributed by atoms with Crippen LogP contribution in [0.1, 0.15) is 0 Å². The zero-order chi connectivity index (χ0) is 17.8. The van der Waals surface area contributed by atoms with Crippen molar-refractivity contribution in [1.29, 1.82) is 0 Å². The van der Waals surface area contributed by atoms with Gasteiger partial charge >= 0.3 is 0 Å². The summed E-state index contributed by atoms with van der Waals surface area (Å²) in [5.41, 5.74) is 0. The van der Waals surface area contributed by atoms with Crippen molar-refractivity contribution in [1.82, 2.24) is 19.4 Å². The highest BCUT2D eigenvalue weighted by Crippen LogP contribution is 2.20. The van der Waals surface area contributed by atoms with Gasteiger partial charge in [-0.25, -0.2) is 9.97 Å². The minimum atomic E-state index is 0.164. The topological polar surface area (TPSA) is 66.7 Å². The Labute approximate surface area is 153 Å². The molecule has 0 spiro atoms. The van der Waals surface area contributed by atoms with Crippen LogP contribution in [0.15, 0.2) is 36.9 Å². The number of morpholine rings is 1. The van der Waals surface area contributed by atoms with Crippen molar-refractivity contribution in [3.63, 3.8) is 0 Å². The Morgan fingerprint density at radius 3 is 2.19 bits per heavy atom. The number of aromatic nitrogens is 3. The molecule has 0 aliphatic carbocycles. The van der Waals surface area contributed by atoms with Crippen molar-refractivity contribution in [2.45, 2.75) is 6.54 Å². The molecule has 0 unspecified atom stereocenters. The van der Waals surface area contributed by atoms with Crippen LogP contribution < -0.4 is 9.80 Å². The van der Waals surface area contributed by atoms with Crippen molar-refractivity contribution in [2.24, 2.45) is 0 Å². The van der Waals surface area contributed by atoms with Crippen molar-refractivity contribution < 1.29 is 9.53 Å². The summed E-state index contributed by atoms with van der Waals surface area (Å²) >= 11 is 0. The van der Waals surface area contributed by atoms with Gasteiger partial charge in [-0.1, -0.05) is 0 Å². The molecular weight excluding hydrogens is 332 g/mol. The van der Waals surface area contributed by atoms with Crippen molar-refractivity contribution >= 4 is 17.5 Å². The smallest absolute Gasteiger partial charge is 0.242 e. The SMILES string of the molecule is O=C(Cn1cccc1)N1CCN(c2cc(N3CCOCC3)ncn2)CC1. The van der Waals surface area contributed by atoms with Gasteiger partial charge in [0.2, 0.25) is 5.91 Å². The van der Waals surface area contributed by atoms with E-state index in [1.807, 2.05) is 40.1 Å². The van der Waals surface area contributed by atoms with E-state index in [0.29, 0.717) is 6.54 Å². The quantitative estimate of drug-likeness (QED) is 0.793. The van der Waals surface area contributed by atoms with Crippen molar-refractivity contribution in [3.05, 3.63) is 36.9 Å². The molecule has 2 fully saturated rings. The Hall–Kier alpha value is -2.61. The molecule has 0 aromatic carbocycles. The maximum atomic E-state index is 12.4. The minimum Gasteiger partial charge on any atom is -0.378 e. The normalized spacial score (nSPS) is 18.2. The van der Waals surface area contributed by atoms with E-state index >= 15 is 0 Å². The summed E-state index contributed by atoms with van der Waals surface area (Å²) in [5.74, 6) is 2.04. The fourth-order valence-electron chi connectivity index (χ4n) is 3.39. The van der Waals surface area contributed by atoms with Crippen LogP contribution in [0.3, 0.4) is 0 Å². The van der Waals surface area contributed by atoms with Gasteiger partial charge in [0.05, 0.1) is 13.2 Å². The zero-order valence-corrected chi connectivity index (χ0v) is 14.8. The lowest BCUT2D eigenvalue weighted by atomic mass is 10.3. The predicted octanol–water partition coefficient (Wildman–Crippen LogP) is 0.464. The number of piperazine rings is 1. The first-order valence-corrected chi connectivity index (χ1v) is 9.08. The van der Waals surface area contributed by atoms with Gasteiger partial charge in [0.1, 0.15) is 24.5 Å². The Morgan fingerprint density at radius 2 is 1.54 bits per heavy atom. The lowest BCUT2D eigenvalue weighted by Gasteiger charge is -2.36. The lowest BCUT2D eigenvalue weighted by molar-refractivity contribution is -0.132. The van der Waals surface area contributed by atoms with Gasteiger partial charge in [-0.05, 0) is 12.1 Å². The average Bonchev–Trinajstić information content (AvgIpc) is 3.22. The number of nitrogens with zero attached hydrogens (tertiary/aromatic N) is 6. The second kappa shape index (κ2) is 7.74. The molecule has 2 aromatic rings. The third kappa shape index (κ3) is 3.80. The number of ether oxygens (including phenoxy) is 1. The molecule has 0 radical (unpaired) electrons. The van der Waals surface area contributed by atoms with Crippen molar-refractivity contribution in [2.75, 3.05) is 62.3 Å². The average molecular weight is 356 g/mol. The summed E-state index contributed by atoms with van der Waals surface area (Å²) in [4.78, 5) is 27.6. The molecule has 1 amide bonds. The molecule has 2 aliphatic heterocycles. The summed E-state index contributed by atoms with van der Waals surface area (Å²) in [6.45, 7) is 6.61. The number of hydrogen-bond donors (Lipinski definition) is 0. The van der Waals surface area contributed by atoms with Crippen LogP contribution in [0.5, 0.6) is 0 Å². The van der Waals surface area contributed by atoms with Gasteiger partial charge < -0.3 is 24.0 Å². The monoisotopic (exact) mass is 356 g/mol. The van der Waals surface area contributed by atoms with Crippen LogP contribution in [0.4, 0.5) is 11.6 Å². The third-order valence-corrected chi connectivity index (χ3v) is 4.91. The zero-order valence-electron chi connectivity index (χ0n) is 14.8. The molecule has 8 nitrogen and oxygen atoms in total. The molecule has 8 heteroatoms. The van der Waals surface area contributed by atoms with Crippen LogP contribution in [0.25, 0.3) is 0 Å². The van der Waals surface area contributed by atoms with Crippen LogP contribution in [-0.4, -0.2) is 77.8 Å². The molecule has 0 bridgehead atoms. The first kappa shape index (κ1) is 16.8. The van der Waals surface area contributed by atoms with Gasteiger partial charge in [-0.15, -0.1) is 0 Å². The molecule has 2 aromatic heterocycles. The highest BCUT2D eigenvalue weighted by atomic mass is 16.5. The second-order valence-electron chi connectivity index (χ2n) is 6.56. The highest BCUT2D eigenvalue weighted by molar-refractivity contribution is 5.76. The van der Waals surface area contributed by atoms with Crippen LogP contribution in [0.2, 0.25) is 0 Å². The largest absolute Gasteiger partial charge is 0.378 e. The number of amides is 1. The van der Waals surface area contributed by atoms with Crippen molar-refractivity contribution in [3.8, 4) is 0 Å². The molecule has 2 saturated heterocycles. The van der Waals surface area contributed by atoms with E-state index in [9.17, 15) is 4.79 Å². The Morgan fingerprint density at radius 1 is 0.923 bits per heavy atom. The third-order valence-electron chi connectivity index (χ3n) is 4.91. The van der Waals surface area contributed by atoms with Gasteiger partial charge in [-0.3, -0.25) is 4.79 Å². The van der Waals surface area contributed by atoms with Gasteiger partial charge in [0.15, 0.2) is 0 Å². The fourth-order valence-corrected chi connectivity index (χ4v) is 3.39. The minimum absolute atomic E-state index is 0.164. The molecule has 0 saturated carbocycles.